The summed E-state index contributed by atoms with van der Waals surface area (Å²) in [7, 11) is 0. The van der Waals surface area contributed by atoms with Crippen LogP contribution in [0.4, 0.5) is 0 Å². The Labute approximate surface area is 93.6 Å². The zero-order chi connectivity index (χ0) is 11.1. The van der Waals surface area contributed by atoms with Crippen LogP contribution in [0.25, 0.3) is 0 Å². The van der Waals surface area contributed by atoms with Crippen LogP contribution in [-0.4, -0.2) is 16.2 Å². The molecule has 16 heavy (non-hydrogen) atoms. The summed E-state index contributed by atoms with van der Waals surface area (Å²) in [5, 5.41) is 3.83. The average molecular weight is 213 g/mol. The van der Waals surface area contributed by atoms with E-state index in [0.29, 0.717) is 6.61 Å². The molecule has 0 bridgehead atoms. The van der Waals surface area contributed by atoms with Gasteiger partial charge in [0.2, 0.25) is 0 Å². The Balaban J connectivity index is 1.83. The van der Waals surface area contributed by atoms with Crippen molar-refractivity contribution in [2.45, 2.75) is 6.61 Å². The fraction of sp³-hybridized carbons (Fsp3) is 0.0833. The van der Waals surface area contributed by atoms with Gasteiger partial charge in [-0.2, -0.15) is 0 Å². The van der Waals surface area contributed by atoms with Crippen molar-refractivity contribution in [3.63, 3.8) is 0 Å². The van der Waals surface area contributed by atoms with Crippen molar-refractivity contribution in [2.24, 2.45) is 5.16 Å². The van der Waals surface area contributed by atoms with Crippen LogP contribution in [0.1, 0.15) is 11.1 Å². The number of nitrogens with zero attached hydrogens (tertiary/aromatic N) is 3. The van der Waals surface area contributed by atoms with Crippen molar-refractivity contribution in [3.05, 3.63) is 60.2 Å². The van der Waals surface area contributed by atoms with Crippen molar-refractivity contribution in [2.75, 3.05) is 0 Å². The van der Waals surface area contributed by atoms with Gasteiger partial charge in [-0.3, -0.25) is 0 Å². The quantitative estimate of drug-likeness (QED) is 0.576. The smallest absolute Gasteiger partial charge is 0.142 e. The molecule has 0 unspecified atom stereocenters. The maximum atomic E-state index is 5.14. The van der Waals surface area contributed by atoms with Crippen LogP contribution >= 0.6 is 0 Å². The highest BCUT2D eigenvalue weighted by Crippen LogP contribution is 2.00. The highest BCUT2D eigenvalue weighted by molar-refractivity contribution is 5.77. The summed E-state index contributed by atoms with van der Waals surface area (Å²) in [6.45, 7) is 0.463. The van der Waals surface area contributed by atoms with Crippen molar-refractivity contribution in [3.8, 4) is 0 Å². The fourth-order valence-electron chi connectivity index (χ4n) is 1.16. The van der Waals surface area contributed by atoms with Gasteiger partial charge in [0.25, 0.3) is 0 Å². The molecular formula is C12H11N3O. The Morgan fingerprint density at radius 2 is 1.88 bits per heavy atom. The molecule has 1 aromatic heterocycles. The van der Waals surface area contributed by atoms with E-state index in [0.717, 1.165) is 11.1 Å². The predicted molar refractivity (Wildman–Crippen MR) is 60.9 cm³/mol. The number of aromatic nitrogens is 2. The molecule has 0 fully saturated rings. The van der Waals surface area contributed by atoms with Crippen molar-refractivity contribution in [1.29, 1.82) is 0 Å². The third-order valence-electron chi connectivity index (χ3n) is 1.93. The molecule has 2 rings (SSSR count). The minimum atomic E-state index is 0.463. The molecule has 4 nitrogen and oxygen atoms in total. The summed E-state index contributed by atoms with van der Waals surface area (Å²) in [6.07, 6.45) is 6.40. The summed E-state index contributed by atoms with van der Waals surface area (Å²) in [5.41, 5.74) is 1.90. The second-order valence-electron chi connectivity index (χ2n) is 3.17. The van der Waals surface area contributed by atoms with Gasteiger partial charge in [-0.05, 0) is 5.56 Å². The molecule has 0 saturated heterocycles. The molecule has 4 heteroatoms. The SMILES string of the molecule is C(=NOCc1ccccc1)c1cncnc1. The Bertz CT molecular complexity index is 442. The van der Waals surface area contributed by atoms with Gasteiger partial charge in [0.15, 0.2) is 0 Å². The standard InChI is InChI=1S/C12H11N3O/c1-2-4-11(5-3-1)9-16-15-8-12-6-13-10-14-7-12/h1-8,10H,9H2. The minimum Gasteiger partial charge on any atom is -0.391 e. The lowest BCUT2D eigenvalue weighted by Gasteiger charge is -1.98. The molecule has 1 aromatic carbocycles. The van der Waals surface area contributed by atoms with Gasteiger partial charge in [0, 0.05) is 18.0 Å². The van der Waals surface area contributed by atoms with Gasteiger partial charge in [0.1, 0.15) is 12.9 Å². The van der Waals surface area contributed by atoms with E-state index < -0.39 is 0 Å². The van der Waals surface area contributed by atoms with Crippen LogP contribution in [0.2, 0.25) is 0 Å². The van der Waals surface area contributed by atoms with E-state index in [1.807, 2.05) is 30.3 Å². The second kappa shape index (κ2) is 5.60. The van der Waals surface area contributed by atoms with Crippen LogP contribution in [0.5, 0.6) is 0 Å². The van der Waals surface area contributed by atoms with Crippen LogP contribution in [0, 0.1) is 0 Å². The molecule has 0 aliphatic rings. The molecule has 0 atom stereocenters. The number of rotatable bonds is 4. The zero-order valence-electron chi connectivity index (χ0n) is 8.65. The van der Waals surface area contributed by atoms with Gasteiger partial charge in [-0.1, -0.05) is 35.5 Å². The largest absolute Gasteiger partial charge is 0.391 e. The molecule has 2 aromatic rings. The average Bonchev–Trinajstić information content (AvgIpc) is 2.37. The van der Waals surface area contributed by atoms with Crippen molar-refractivity contribution in [1.82, 2.24) is 9.97 Å². The molecule has 0 spiro atoms. The van der Waals surface area contributed by atoms with Crippen molar-refractivity contribution < 1.29 is 4.84 Å². The molecular weight excluding hydrogens is 202 g/mol. The third-order valence-corrected chi connectivity index (χ3v) is 1.93. The topological polar surface area (TPSA) is 47.4 Å². The maximum absolute atomic E-state index is 5.14. The van der Waals surface area contributed by atoms with Crippen LogP contribution < -0.4 is 0 Å². The van der Waals surface area contributed by atoms with Gasteiger partial charge >= 0.3 is 0 Å². The van der Waals surface area contributed by atoms with E-state index in [1.165, 1.54) is 6.33 Å². The first kappa shape index (κ1) is 10.3. The maximum Gasteiger partial charge on any atom is 0.142 e. The summed E-state index contributed by atoms with van der Waals surface area (Å²) in [4.78, 5) is 12.9. The minimum absolute atomic E-state index is 0.463. The number of hydrogen-bond acceptors (Lipinski definition) is 4. The number of benzene rings is 1. The van der Waals surface area contributed by atoms with Crippen LogP contribution in [0.15, 0.2) is 54.2 Å². The normalized spacial score (nSPS) is 10.5. The summed E-state index contributed by atoms with van der Waals surface area (Å²) < 4.78 is 0. The molecule has 1 heterocycles. The lowest BCUT2D eigenvalue weighted by molar-refractivity contribution is 0.132. The van der Waals surface area contributed by atoms with Crippen LogP contribution in [0.3, 0.4) is 0 Å². The first-order valence-corrected chi connectivity index (χ1v) is 4.89. The van der Waals surface area contributed by atoms with E-state index in [-0.39, 0.29) is 0 Å². The van der Waals surface area contributed by atoms with E-state index in [4.69, 9.17) is 4.84 Å². The number of oxime groups is 1. The van der Waals surface area contributed by atoms with Gasteiger partial charge in [0.05, 0.1) is 6.21 Å². The first-order valence-electron chi connectivity index (χ1n) is 4.89. The van der Waals surface area contributed by atoms with Gasteiger partial charge in [-0.15, -0.1) is 0 Å². The molecule has 0 saturated carbocycles. The molecule has 0 aliphatic carbocycles. The lowest BCUT2D eigenvalue weighted by Crippen LogP contribution is -1.88. The monoisotopic (exact) mass is 213 g/mol. The van der Waals surface area contributed by atoms with Gasteiger partial charge < -0.3 is 4.84 Å². The zero-order valence-corrected chi connectivity index (χ0v) is 8.65. The molecule has 80 valence electrons. The van der Waals surface area contributed by atoms with Gasteiger partial charge in [-0.25, -0.2) is 9.97 Å². The second-order valence-corrected chi connectivity index (χ2v) is 3.17. The fourth-order valence-corrected chi connectivity index (χ4v) is 1.16. The first-order chi connectivity index (χ1) is 7.95. The Morgan fingerprint density at radius 3 is 2.62 bits per heavy atom. The van der Waals surface area contributed by atoms with E-state index in [2.05, 4.69) is 15.1 Å². The summed E-state index contributed by atoms with van der Waals surface area (Å²) >= 11 is 0. The molecule has 0 aliphatic heterocycles. The molecule has 0 N–H and O–H groups in total. The number of hydrogen-bond donors (Lipinski definition) is 0. The van der Waals surface area contributed by atoms with E-state index in [1.54, 1.807) is 18.6 Å². The van der Waals surface area contributed by atoms with Crippen molar-refractivity contribution >= 4 is 6.21 Å². The highest BCUT2D eigenvalue weighted by atomic mass is 16.6. The molecule has 0 radical (unpaired) electrons. The van der Waals surface area contributed by atoms with E-state index >= 15 is 0 Å². The Hall–Kier alpha value is -2.23. The highest BCUT2D eigenvalue weighted by Gasteiger charge is 1.89. The summed E-state index contributed by atoms with van der Waals surface area (Å²) in [5.74, 6) is 0. The lowest BCUT2D eigenvalue weighted by atomic mass is 10.2. The van der Waals surface area contributed by atoms with E-state index in [9.17, 15) is 0 Å². The Morgan fingerprint density at radius 1 is 1.12 bits per heavy atom. The van der Waals surface area contributed by atoms with Crippen LogP contribution in [-0.2, 0) is 11.4 Å². The Kier molecular flexibility index (Phi) is 3.60. The predicted octanol–water partition coefficient (Wildman–Crippen LogP) is 2.03. The third kappa shape index (κ3) is 3.16. The summed E-state index contributed by atoms with van der Waals surface area (Å²) in [6, 6.07) is 9.87. The molecule has 0 amide bonds.